The maximum Gasteiger partial charge on any atom is 0.404 e. The van der Waals surface area contributed by atoms with Gasteiger partial charge in [-0.15, -0.1) is 0 Å². The van der Waals surface area contributed by atoms with Crippen LogP contribution in [0.3, 0.4) is 0 Å². The zero-order valence-corrected chi connectivity index (χ0v) is 16.6. The summed E-state index contributed by atoms with van der Waals surface area (Å²) in [6, 6.07) is 12.3. The third kappa shape index (κ3) is 5.49. The molecule has 2 aromatic rings. The van der Waals surface area contributed by atoms with Gasteiger partial charge >= 0.3 is 6.18 Å². The Bertz CT molecular complexity index is 1080. The number of alkyl halides is 3. The van der Waals surface area contributed by atoms with Crippen LogP contribution in [-0.2, 0) is 26.3 Å². The second-order valence-corrected chi connectivity index (χ2v) is 10.3. The number of ether oxygens (including phenoxy) is 1. The largest absolute Gasteiger partial charge is 0.489 e. The molecule has 0 saturated heterocycles. The summed E-state index contributed by atoms with van der Waals surface area (Å²) in [6.45, 7) is -0.340. The van der Waals surface area contributed by atoms with Crippen molar-refractivity contribution < 1.29 is 34.7 Å². The summed E-state index contributed by atoms with van der Waals surface area (Å²) < 4.78 is 93.0. The van der Waals surface area contributed by atoms with Crippen LogP contribution in [0, 0.1) is 0 Å². The maximum absolute atomic E-state index is 12.7. The SMILES string of the molecule is O=S(=O)(CC(F)(F)F)NC[C@H]1CCc2ccc(S(=O)(=O)c3ccccc3)cc2O1. The summed E-state index contributed by atoms with van der Waals surface area (Å²) in [7, 11) is -8.30. The summed E-state index contributed by atoms with van der Waals surface area (Å²) in [5.41, 5.74) is 0.742. The lowest BCUT2D eigenvalue weighted by Crippen LogP contribution is -2.40. The fourth-order valence-corrected chi connectivity index (χ4v) is 5.21. The van der Waals surface area contributed by atoms with Gasteiger partial charge in [-0.05, 0) is 42.7 Å². The lowest BCUT2D eigenvalue weighted by Gasteiger charge is -2.26. The van der Waals surface area contributed by atoms with Crippen molar-refractivity contribution in [1.82, 2.24) is 4.72 Å². The summed E-state index contributed by atoms with van der Waals surface area (Å²) >= 11 is 0. The summed E-state index contributed by atoms with van der Waals surface area (Å²) in [4.78, 5) is 0.132. The van der Waals surface area contributed by atoms with Crippen molar-refractivity contribution in [2.45, 2.75) is 34.9 Å². The first-order valence-corrected chi connectivity index (χ1v) is 11.7. The fraction of sp³-hybridized carbons (Fsp3) is 0.333. The van der Waals surface area contributed by atoms with E-state index in [4.69, 9.17) is 4.74 Å². The van der Waals surface area contributed by atoms with Crippen molar-refractivity contribution in [2.24, 2.45) is 0 Å². The second-order valence-electron chi connectivity index (χ2n) is 6.59. The van der Waals surface area contributed by atoms with Crippen molar-refractivity contribution in [2.75, 3.05) is 12.3 Å². The van der Waals surface area contributed by atoms with E-state index >= 15 is 0 Å². The molecule has 0 radical (unpaired) electrons. The molecule has 11 heteroatoms. The van der Waals surface area contributed by atoms with Crippen LogP contribution in [0.5, 0.6) is 5.75 Å². The van der Waals surface area contributed by atoms with Gasteiger partial charge in [-0.25, -0.2) is 21.6 Å². The molecule has 2 aromatic carbocycles. The predicted octanol–water partition coefficient (Wildman–Crippen LogP) is 2.69. The number of hydrogen-bond acceptors (Lipinski definition) is 5. The molecule has 1 atom stereocenters. The molecule has 0 spiro atoms. The van der Waals surface area contributed by atoms with E-state index < -0.39 is 37.9 Å². The molecule has 0 unspecified atom stereocenters. The number of sulfone groups is 1. The van der Waals surface area contributed by atoms with E-state index in [2.05, 4.69) is 0 Å². The van der Waals surface area contributed by atoms with Gasteiger partial charge in [0, 0.05) is 6.54 Å². The highest BCUT2D eigenvalue weighted by molar-refractivity contribution is 7.91. The Morgan fingerprint density at radius 3 is 2.34 bits per heavy atom. The Kier molecular flexibility index (Phi) is 5.93. The Balaban J connectivity index is 1.74. The van der Waals surface area contributed by atoms with Gasteiger partial charge in [0.15, 0.2) is 5.75 Å². The molecule has 0 aliphatic carbocycles. The molecule has 0 aromatic heterocycles. The molecule has 6 nitrogen and oxygen atoms in total. The molecular formula is C18H18F3NO5S2. The quantitative estimate of drug-likeness (QED) is 0.733. The number of aryl methyl sites for hydroxylation is 1. The first-order chi connectivity index (χ1) is 13.5. The first-order valence-electron chi connectivity index (χ1n) is 8.60. The summed E-state index contributed by atoms with van der Waals surface area (Å²) in [5, 5.41) is 0. The number of rotatable bonds is 6. The summed E-state index contributed by atoms with van der Waals surface area (Å²) in [6.07, 6.45) is -4.69. The Morgan fingerprint density at radius 1 is 1.00 bits per heavy atom. The highest BCUT2D eigenvalue weighted by atomic mass is 32.2. The van der Waals surface area contributed by atoms with Crippen molar-refractivity contribution >= 4 is 19.9 Å². The van der Waals surface area contributed by atoms with Gasteiger partial charge in [-0.2, -0.15) is 13.2 Å². The van der Waals surface area contributed by atoms with Crippen LogP contribution >= 0.6 is 0 Å². The van der Waals surface area contributed by atoms with Gasteiger partial charge < -0.3 is 4.74 Å². The number of sulfonamides is 1. The van der Waals surface area contributed by atoms with Crippen molar-refractivity contribution in [1.29, 1.82) is 0 Å². The van der Waals surface area contributed by atoms with Gasteiger partial charge in [0.2, 0.25) is 19.9 Å². The fourth-order valence-electron chi connectivity index (χ4n) is 2.94. The van der Waals surface area contributed by atoms with Crippen LogP contribution in [-0.4, -0.2) is 41.4 Å². The zero-order valence-electron chi connectivity index (χ0n) is 15.0. The number of halogens is 3. The maximum atomic E-state index is 12.7. The minimum Gasteiger partial charge on any atom is -0.489 e. The molecule has 1 heterocycles. The number of benzene rings is 2. The number of hydrogen-bond donors (Lipinski definition) is 1. The first kappa shape index (κ1) is 21.6. The van der Waals surface area contributed by atoms with E-state index in [9.17, 15) is 30.0 Å². The molecule has 0 bridgehead atoms. The lowest BCUT2D eigenvalue weighted by atomic mass is 10.0. The van der Waals surface area contributed by atoms with Crippen LogP contribution < -0.4 is 9.46 Å². The van der Waals surface area contributed by atoms with E-state index in [1.165, 1.54) is 24.3 Å². The standard InChI is InChI=1S/C18H18F3NO5S2/c19-18(20,21)12-28(23,24)22-11-14-8-6-13-7-9-16(10-17(13)27-14)29(25,26)15-4-2-1-3-5-15/h1-5,7,9-10,14,22H,6,8,11-12H2/t14-/m1/s1. The highest BCUT2D eigenvalue weighted by Crippen LogP contribution is 2.32. The summed E-state index contributed by atoms with van der Waals surface area (Å²) in [5.74, 6) is -1.70. The Morgan fingerprint density at radius 2 is 1.69 bits per heavy atom. The van der Waals surface area contributed by atoms with E-state index in [-0.39, 0.29) is 22.1 Å². The highest BCUT2D eigenvalue weighted by Gasteiger charge is 2.35. The third-order valence-electron chi connectivity index (χ3n) is 4.32. The van der Waals surface area contributed by atoms with E-state index in [1.54, 1.807) is 24.3 Å². The van der Waals surface area contributed by atoms with Crippen LogP contribution in [0.1, 0.15) is 12.0 Å². The van der Waals surface area contributed by atoms with Gasteiger partial charge in [0.05, 0.1) is 9.79 Å². The van der Waals surface area contributed by atoms with Crippen LogP contribution in [0.25, 0.3) is 0 Å². The molecule has 29 heavy (non-hydrogen) atoms. The van der Waals surface area contributed by atoms with Crippen molar-refractivity contribution in [3.63, 3.8) is 0 Å². The molecule has 0 saturated carbocycles. The normalized spacial score (nSPS) is 17.4. The average Bonchev–Trinajstić information content (AvgIpc) is 2.64. The van der Waals surface area contributed by atoms with Gasteiger partial charge in [0.1, 0.15) is 11.9 Å². The van der Waals surface area contributed by atoms with Gasteiger partial charge in [-0.1, -0.05) is 24.3 Å². The van der Waals surface area contributed by atoms with Gasteiger partial charge in [0.25, 0.3) is 0 Å². The predicted molar refractivity (Wildman–Crippen MR) is 98.9 cm³/mol. The second kappa shape index (κ2) is 7.96. The molecule has 0 amide bonds. The smallest absolute Gasteiger partial charge is 0.404 e. The topological polar surface area (TPSA) is 89.5 Å². The molecule has 0 fully saturated rings. The molecule has 1 aliphatic heterocycles. The van der Waals surface area contributed by atoms with E-state index in [1.807, 2.05) is 4.72 Å². The molecule has 1 N–H and O–H groups in total. The average molecular weight is 449 g/mol. The molecule has 1 aliphatic rings. The van der Waals surface area contributed by atoms with Crippen LogP contribution in [0.2, 0.25) is 0 Å². The number of fused-ring (bicyclic) bond motifs is 1. The van der Waals surface area contributed by atoms with Crippen molar-refractivity contribution in [3.8, 4) is 5.75 Å². The Hall–Kier alpha value is -2.11. The van der Waals surface area contributed by atoms with Crippen LogP contribution in [0.4, 0.5) is 13.2 Å². The molecule has 158 valence electrons. The minimum absolute atomic E-state index is 0.0146. The zero-order chi connectivity index (χ0) is 21.3. The minimum atomic E-state index is -4.84. The lowest BCUT2D eigenvalue weighted by molar-refractivity contribution is -0.106. The molecule has 3 rings (SSSR count). The molecular weight excluding hydrogens is 431 g/mol. The van der Waals surface area contributed by atoms with Crippen molar-refractivity contribution in [3.05, 3.63) is 54.1 Å². The van der Waals surface area contributed by atoms with E-state index in [0.717, 1.165) is 5.56 Å². The van der Waals surface area contributed by atoms with Crippen LogP contribution in [0.15, 0.2) is 58.3 Å². The number of nitrogens with one attached hydrogen (secondary N) is 1. The van der Waals surface area contributed by atoms with E-state index in [0.29, 0.717) is 12.8 Å². The Labute approximate surface area is 166 Å². The monoisotopic (exact) mass is 449 g/mol. The van der Waals surface area contributed by atoms with Gasteiger partial charge in [-0.3, -0.25) is 0 Å². The third-order valence-corrected chi connectivity index (χ3v) is 7.40.